The Bertz CT molecular complexity index is 784. The summed E-state index contributed by atoms with van der Waals surface area (Å²) in [5.41, 5.74) is 4.09. The van der Waals surface area contributed by atoms with E-state index in [4.69, 9.17) is 0 Å². The molecule has 0 aliphatic heterocycles. The van der Waals surface area contributed by atoms with Crippen molar-refractivity contribution >= 4 is 14.5 Å². The zero-order valence-corrected chi connectivity index (χ0v) is 15.3. The topological polar surface area (TPSA) is 0 Å². The maximum atomic E-state index is 14.6. The summed E-state index contributed by atoms with van der Waals surface area (Å²) in [7, 11) is 0. The predicted octanol–water partition coefficient (Wildman–Crippen LogP) is 5.73. The van der Waals surface area contributed by atoms with Crippen molar-refractivity contribution in [2.24, 2.45) is 0 Å². The fourth-order valence-corrected chi connectivity index (χ4v) is 5.11. The Labute approximate surface area is 143 Å². The molecule has 0 saturated heterocycles. The molecule has 3 aromatic rings. The second kappa shape index (κ2) is 7.29. The van der Waals surface area contributed by atoms with E-state index in [9.17, 15) is 4.39 Å². The van der Waals surface area contributed by atoms with Gasteiger partial charge in [0.1, 0.15) is 0 Å². The SMILES string of the molecule is CCCc1ccc(-c2ccc(-c3ccc(CC)cc3)cc2F)[se]1. The molecule has 0 bridgehead atoms. The summed E-state index contributed by atoms with van der Waals surface area (Å²) in [4.78, 5) is 0. The minimum absolute atomic E-state index is 0.110. The van der Waals surface area contributed by atoms with E-state index in [1.807, 2.05) is 12.1 Å². The second-order valence-corrected chi connectivity index (χ2v) is 8.21. The summed E-state index contributed by atoms with van der Waals surface area (Å²) in [5, 5.41) is 0. The molecule has 2 aromatic carbocycles. The molecule has 0 unspecified atom stereocenters. The summed E-state index contributed by atoms with van der Waals surface area (Å²) in [6.07, 6.45) is 3.31. The molecule has 0 amide bonds. The van der Waals surface area contributed by atoms with Crippen LogP contribution in [0.15, 0.2) is 54.6 Å². The van der Waals surface area contributed by atoms with E-state index in [0.717, 1.165) is 40.4 Å². The van der Waals surface area contributed by atoms with Gasteiger partial charge in [0.05, 0.1) is 0 Å². The second-order valence-electron chi connectivity index (χ2n) is 5.76. The molecule has 0 N–H and O–H groups in total. The Balaban J connectivity index is 1.90. The van der Waals surface area contributed by atoms with Gasteiger partial charge in [0.2, 0.25) is 0 Å². The molecule has 0 atom stereocenters. The monoisotopic (exact) mass is 372 g/mol. The predicted molar refractivity (Wildman–Crippen MR) is 97.6 cm³/mol. The zero-order chi connectivity index (χ0) is 16.2. The van der Waals surface area contributed by atoms with E-state index in [1.54, 1.807) is 6.07 Å². The van der Waals surface area contributed by atoms with Gasteiger partial charge in [-0.3, -0.25) is 0 Å². The van der Waals surface area contributed by atoms with Crippen LogP contribution in [0.1, 0.15) is 30.3 Å². The Morgan fingerprint density at radius 1 is 0.870 bits per heavy atom. The molecule has 0 aliphatic rings. The summed E-state index contributed by atoms with van der Waals surface area (Å²) >= 11 is 0.279. The molecule has 118 valence electrons. The number of benzene rings is 2. The van der Waals surface area contributed by atoms with Gasteiger partial charge >= 0.3 is 144 Å². The number of aryl methyl sites for hydroxylation is 2. The van der Waals surface area contributed by atoms with Crippen molar-refractivity contribution < 1.29 is 4.39 Å². The molecule has 1 heterocycles. The molecule has 0 fully saturated rings. The van der Waals surface area contributed by atoms with Crippen LogP contribution in [0.3, 0.4) is 0 Å². The van der Waals surface area contributed by atoms with E-state index in [-0.39, 0.29) is 20.3 Å². The fourth-order valence-electron chi connectivity index (χ4n) is 2.73. The molecule has 2 heteroatoms. The number of hydrogen-bond acceptors (Lipinski definition) is 0. The molecule has 23 heavy (non-hydrogen) atoms. The summed E-state index contributed by atoms with van der Waals surface area (Å²) in [6.45, 7) is 4.33. The Morgan fingerprint density at radius 3 is 2.26 bits per heavy atom. The third-order valence-corrected chi connectivity index (χ3v) is 6.56. The van der Waals surface area contributed by atoms with Crippen molar-refractivity contribution in [2.75, 3.05) is 0 Å². The average molecular weight is 371 g/mol. The molecule has 0 radical (unpaired) electrons. The number of rotatable bonds is 5. The van der Waals surface area contributed by atoms with Crippen LogP contribution in [0.4, 0.5) is 4.39 Å². The molecular formula is C21H21FSe. The van der Waals surface area contributed by atoms with Crippen LogP contribution >= 0.6 is 0 Å². The molecule has 1 aromatic heterocycles. The normalized spacial score (nSPS) is 10.9. The van der Waals surface area contributed by atoms with E-state index in [2.05, 4.69) is 50.2 Å². The Morgan fingerprint density at radius 2 is 1.61 bits per heavy atom. The van der Waals surface area contributed by atoms with E-state index < -0.39 is 0 Å². The van der Waals surface area contributed by atoms with Crippen LogP contribution in [0.5, 0.6) is 0 Å². The van der Waals surface area contributed by atoms with Gasteiger partial charge in [0, 0.05) is 0 Å². The summed E-state index contributed by atoms with van der Waals surface area (Å²) in [6, 6.07) is 18.3. The third kappa shape index (κ3) is 3.65. The fraction of sp³-hybridized carbons (Fsp3) is 0.238. The first-order chi connectivity index (χ1) is 11.2. The first-order valence-corrected chi connectivity index (χ1v) is 9.90. The molecule has 0 spiro atoms. The van der Waals surface area contributed by atoms with Crippen LogP contribution in [-0.2, 0) is 12.8 Å². The Kier molecular flexibility index (Phi) is 5.15. The van der Waals surface area contributed by atoms with Gasteiger partial charge in [0.15, 0.2) is 0 Å². The van der Waals surface area contributed by atoms with Gasteiger partial charge < -0.3 is 0 Å². The van der Waals surface area contributed by atoms with Gasteiger partial charge in [-0.25, -0.2) is 0 Å². The zero-order valence-electron chi connectivity index (χ0n) is 13.6. The van der Waals surface area contributed by atoms with Crippen molar-refractivity contribution in [3.63, 3.8) is 0 Å². The van der Waals surface area contributed by atoms with Crippen molar-refractivity contribution in [3.8, 4) is 21.1 Å². The van der Waals surface area contributed by atoms with Crippen LogP contribution in [0.2, 0.25) is 0 Å². The molecule has 0 nitrogen and oxygen atoms in total. The van der Waals surface area contributed by atoms with Gasteiger partial charge in [0.25, 0.3) is 0 Å². The summed E-state index contributed by atoms with van der Waals surface area (Å²) < 4.78 is 17.2. The van der Waals surface area contributed by atoms with Crippen molar-refractivity contribution in [2.45, 2.75) is 33.1 Å². The van der Waals surface area contributed by atoms with Gasteiger partial charge in [-0.1, -0.05) is 0 Å². The van der Waals surface area contributed by atoms with Crippen LogP contribution in [0.25, 0.3) is 21.1 Å². The molecular weight excluding hydrogens is 350 g/mol. The van der Waals surface area contributed by atoms with Gasteiger partial charge in [-0.15, -0.1) is 0 Å². The first kappa shape index (κ1) is 16.2. The van der Waals surface area contributed by atoms with E-state index >= 15 is 0 Å². The van der Waals surface area contributed by atoms with Gasteiger partial charge in [-0.2, -0.15) is 0 Å². The van der Waals surface area contributed by atoms with Crippen LogP contribution in [-0.4, -0.2) is 14.5 Å². The third-order valence-electron chi connectivity index (χ3n) is 4.09. The van der Waals surface area contributed by atoms with Crippen LogP contribution in [0, 0.1) is 5.82 Å². The average Bonchev–Trinajstić information content (AvgIpc) is 3.03. The minimum atomic E-state index is -0.110. The van der Waals surface area contributed by atoms with Gasteiger partial charge in [-0.05, 0) is 0 Å². The number of halogens is 1. The Hall–Kier alpha value is -1.63. The standard InChI is InChI=1S/C21H21FSe/c1-3-5-18-11-13-21(23-18)19-12-10-17(14-20(19)22)16-8-6-15(4-2)7-9-16/h6-14H,3-5H2,1-2H3. The van der Waals surface area contributed by atoms with E-state index in [1.165, 1.54) is 10.0 Å². The van der Waals surface area contributed by atoms with Crippen molar-refractivity contribution in [1.82, 2.24) is 0 Å². The summed E-state index contributed by atoms with van der Waals surface area (Å²) in [5.74, 6) is -0.110. The molecule has 0 aliphatic carbocycles. The molecule has 3 rings (SSSR count). The first-order valence-electron chi connectivity index (χ1n) is 8.19. The van der Waals surface area contributed by atoms with Crippen molar-refractivity contribution in [3.05, 3.63) is 70.4 Å². The van der Waals surface area contributed by atoms with Crippen LogP contribution < -0.4 is 0 Å². The van der Waals surface area contributed by atoms with Crippen molar-refractivity contribution in [1.29, 1.82) is 0 Å². The number of hydrogen-bond donors (Lipinski definition) is 0. The maximum absolute atomic E-state index is 14.6. The van der Waals surface area contributed by atoms with E-state index in [0.29, 0.717) is 0 Å². The quantitative estimate of drug-likeness (QED) is 0.503. The molecule has 0 saturated carbocycles.